The van der Waals surface area contributed by atoms with Crippen LogP contribution in [0.15, 0.2) is 0 Å². The largest absolute Gasteiger partial charge is 0.316 e. The molecule has 2 atom stereocenters. The lowest BCUT2D eigenvalue weighted by molar-refractivity contribution is 0.339. The molecule has 2 rings (SSSR count). The Labute approximate surface area is 69.0 Å². The van der Waals surface area contributed by atoms with Crippen LogP contribution in [0.5, 0.6) is 0 Å². The number of nitrogens with zero attached hydrogens (tertiary/aromatic N) is 1. The lowest BCUT2D eigenvalue weighted by Gasteiger charge is -2.12. The third-order valence-electron chi connectivity index (χ3n) is 3.24. The molecule has 2 unspecified atom stereocenters. The highest BCUT2D eigenvalue weighted by Crippen LogP contribution is 2.26. The molecule has 2 fully saturated rings. The molecule has 2 aliphatic rings. The standard InChI is InChI=1S/C9H18N2/c1-11-4-2-8-6-10-7-9(8)3-5-11/h8-10H,2-7H2,1H3. The third-order valence-corrected chi connectivity index (χ3v) is 3.24. The van der Waals surface area contributed by atoms with Gasteiger partial charge in [0.05, 0.1) is 0 Å². The Morgan fingerprint density at radius 3 is 2.18 bits per heavy atom. The Morgan fingerprint density at radius 2 is 1.64 bits per heavy atom. The maximum absolute atomic E-state index is 3.49. The molecule has 0 saturated carbocycles. The highest BCUT2D eigenvalue weighted by Gasteiger charge is 2.28. The van der Waals surface area contributed by atoms with Crippen LogP contribution in [0.1, 0.15) is 12.8 Å². The van der Waals surface area contributed by atoms with Crippen LogP contribution in [0.25, 0.3) is 0 Å². The minimum Gasteiger partial charge on any atom is -0.316 e. The fourth-order valence-electron chi connectivity index (χ4n) is 2.35. The Kier molecular flexibility index (Phi) is 2.14. The van der Waals surface area contributed by atoms with Gasteiger partial charge in [-0.3, -0.25) is 0 Å². The van der Waals surface area contributed by atoms with E-state index in [4.69, 9.17) is 0 Å². The number of fused-ring (bicyclic) bond motifs is 1. The summed E-state index contributed by atoms with van der Waals surface area (Å²) in [4.78, 5) is 2.47. The first-order valence-electron chi connectivity index (χ1n) is 4.75. The topological polar surface area (TPSA) is 15.3 Å². The van der Waals surface area contributed by atoms with E-state index in [-0.39, 0.29) is 0 Å². The zero-order chi connectivity index (χ0) is 7.68. The molecule has 0 aliphatic carbocycles. The van der Waals surface area contributed by atoms with E-state index in [9.17, 15) is 0 Å². The number of likely N-dealkylation sites (tertiary alicyclic amines) is 1. The molecule has 2 heterocycles. The van der Waals surface area contributed by atoms with Crippen molar-refractivity contribution in [3.63, 3.8) is 0 Å². The molecular weight excluding hydrogens is 136 g/mol. The fourth-order valence-corrected chi connectivity index (χ4v) is 2.35. The summed E-state index contributed by atoms with van der Waals surface area (Å²) in [5, 5.41) is 3.49. The molecule has 11 heavy (non-hydrogen) atoms. The van der Waals surface area contributed by atoms with Gasteiger partial charge in [-0.2, -0.15) is 0 Å². The summed E-state index contributed by atoms with van der Waals surface area (Å²) in [5.74, 6) is 1.97. The van der Waals surface area contributed by atoms with Gasteiger partial charge in [-0.15, -0.1) is 0 Å². The Balaban J connectivity index is 1.95. The zero-order valence-corrected chi connectivity index (χ0v) is 7.34. The summed E-state index contributed by atoms with van der Waals surface area (Å²) in [6.07, 6.45) is 2.82. The molecule has 2 aliphatic heterocycles. The zero-order valence-electron chi connectivity index (χ0n) is 7.34. The highest BCUT2D eigenvalue weighted by atomic mass is 15.1. The van der Waals surface area contributed by atoms with Gasteiger partial charge in [0.2, 0.25) is 0 Å². The molecule has 0 aromatic carbocycles. The summed E-state index contributed by atoms with van der Waals surface area (Å²) >= 11 is 0. The summed E-state index contributed by atoms with van der Waals surface area (Å²) in [6, 6.07) is 0. The first-order valence-corrected chi connectivity index (χ1v) is 4.75. The van der Waals surface area contributed by atoms with Crippen LogP contribution in [0.2, 0.25) is 0 Å². The quantitative estimate of drug-likeness (QED) is 0.548. The predicted octanol–water partition coefficient (Wildman–Crippen LogP) is 0.548. The van der Waals surface area contributed by atoms with Gasteiger partial charge in [0.25, 0.3) is 0 Å². The highest BCUT2D eigenvalue weighted by molar-refractivity contribution is 4.84. The van der Waals surface area contributed by atoms with E-state index in [0.29, 0.717) is 0 Å². The number of rotatable bonds is 0. The first-order chi connectivity index (χ1) is 5.36. The van der Waals surface area contributed by atoms with Crippen LogP contribution >= 0.6 is 0 Å². The van der Waals surface area contributed by atoms with E-state index in [1.807, 2.05) is 0 Å². The summed E-state index contributed by atoms with van der Waals surface area (Å²) < 4.78 is 0. The SMILES string of the molecule is CN1CCC2CNCC2CC1. The van der Waals surface area contributed by atoms with E-state index >= 15 is 0 Å². The molecular formula is C9H18N2. The first kappa shape index (κ1) is 7.56. The van der Waals surface area contributed by atoms with Crippen LogP contribution in [-0.4, -0.2) is 38.1 Å². The summed E-state index contributed by atoms with van der Waals surface area (Å²) in [7, 11) is 2.24. The van der Waals surface area contributed by atoms with Crippen LogP contribution < -0.4 is 5.32 Å². The molecule has 2 saturated heterocycles. The van der Waals surface area contributed by atoms with Crippen molar-refractivity contribution in [1.82, 2.24) is 10.2 Å². The van der Waals surface area contributed by atoms with E-state index in [1.54, 1.807) is 0 Å². The monoisotopic (exact) mass is 154 g/mol. The van der Waals surface area contributed by atoms with Crippen LogP contribution in [0, 0.1) is 11.8 Å². The number of hydrogen-bond donors (Lipinski definition) is 1. The van der Waals surface area contributed by atoms with Crippen molar-refractivity contribution in [3.8, 4) is 0 Å². The van der Waals surface area contributed by atoms with Crippen molar-refractivity contribution in [1.29, 1.82) is 0 Å². The van der Waals surface area contributed by atoms with Gasteiger partial charge in [-0.1, -0.05) is 0 Å². The molecule has 0 bridgehead atoms. The molecule has 0 radical (unpaired) electrons. The van der Waals surface area contributed by atoms with Crippen molar-refractivity contribution in [2.45, 2.75) is 12.8 Å². The molecule has 0 spiro atoms. The molecule has 0 amide bonds. The van der Waals surface area contributed by atoms with Gasteiger partial charge >= 0.3 is 0 Å². The average Bonchev–Trinajstić information content (AvgIpc) is 2.38. The second kappa shape index (κ2) is 3.11. The van der Waals surface area contributed by atoms with E-state index in [2.05, 4.69) is 17.3 Å². The van der Waals surface area contributed by atoms with E-state index < -0.39 is 0 Å². The summed E-state index contributed by atoms with van der Waals surface area (Å²) in [5.41, 5.74) is 0. The van der Waals surface area contributed by atoms with Crippen LogP contribution in [-0.2, 0) is 0 Å². The van der Waals surface area contributed by atoms with Gasteiger partial charge in [0, 0.05) is 0 Å². The molecule has 64 valence electrons. The van der Waals surface area contributed by atoms with Crippen LogP contribution in [0.4, 0.5) is 0 Å². The molecule has 0 aromatic rings. The van der Waals surface area contributed by atoms with Gasteiger partial charge in [-0.25, -0.2) is 0 Å². The molecule has 2 nitrogen and oxygen atoms in total. The Bertz CT molecular complexity index is 122. The maximum Gasteiger partial charge on any atom is -0.00168 e. The molecule has 2 heteroatoms. The normalized spacial score (nSPS) is 40.1. The molecule has 0 aromatic heterocycles. The van der Waals surface area contributed by atoms with Gasteiger partial charge in [0.15, 0.2) is 0 Å². The minimum absolute atomic E-state index is 0.986. The van der Waals surface area contributed by atoms with Gasteiger partial charge in [-0.05, 0) is 57.9 Å². The maximum atomic E-state index is 3.49. The van der Waals surface area contributed by atoms with Crippen LogP contribution in [0.3, 0.4) is 0 Å². The predicted molar refractivity (Wildman–Crippen MR) is 46.6 cm³/mol. The third kappa shape index (κ3) is 1.57. The van der Waals surface area contributed by atoms with Crippen molar-refractivity contribution in [3.05, 3.63) is 0 Å². The molecule has 1 N–H and O–H groups in total. The lowest BCUT2D eigenvalue weighted by Crippen LogP contribution is -2.21. The number of nitrogens with one attached hydrogen (secondary N) is 1. The number of hydrogen-bond acceptors (Lipinski definition) is 2. The van der Waals surface area contributed by atoms with Crippen molar-refractivity contribution < 1.29 is 0 Å². The second-order valence-electron chi connectivity index (χ2n) is 4.06. The minimum atomic E-state index is 0.986. The van der Waals surface area contributed by atoms with Gasteiger partial charge in [0.1, 0.15) is 0 Å². The van der Waals surface area contributed by atoms with E-state index in [0.717, 1.165) is 11.8 Å². The Morgan fingerprint density at radius 1 is 1.09 bits per heavy atom. The van der Waals surface area contributed by atoms with Crippen molar-refractivity contribution in [2.24, 2.45) is 11.8 Å². The lowest BCUT2D eigenvalue weighted by atomic mass is 9.92. The fraction of sp³-hybridized carbons (Fsp3) is 1.00. The average molecular weight is 154 g/mol. The van der Waals surface area contributed by atoms with E-state index in [1.165, 1.54) is 39.0 Å². The Hall–Kier alpha value is -0.0800. The van der Waals surface area contributed by atoms with Gasteiger partial charge < -0.3 is 10.2 Å². The summed E-state index contributed by atoms with van der Waals surface area (Å²) in [6.45, 7) is 5.17. The smallest absolute Gasteiger partial charge is 0.00168 e. The van der Waals surface area contributed by atoms with Crippen molar-refractivity contribution in [2.75, 3.05) is 33.2 Å². The van der Waals surface area contributed by atoms with Crippen molar-refractivity contribution >= 4 is 0 Å². The second-order valence-corrected chi connectivity index (χ2v) is 4.06.